The number of halogens is 1. The lowest BCUT2D eigenvalue weighted by Gasteiger charge is -2.20. The summed E-state index contributed by atoms with van der Waals surface area (Å²) in [7, 11) is 0. The highest BCUT2D eigenvalue weighted by atomic mass is 19.1. The minimum absolute atomic E-state index is 0.0744. The number of carbonyl (C=O) groups is 1. The molecule has 0 saturated heterocycles. The molecule has 1 aliphatic rings. The van der Waals surface area contributed by atoms with Crippen LogP contribution < -0.4 is 10.6 Å². The van der Waals surface area contributed by atoms with E-state index in [2.05, 4.69) is 10.6 Å². The van der Waals surface area contributed by atoms with E-state index < -0.39 is 6.04 Å². The number of aryl methyl sites for hydroxylation is 1. The van der Waals surface area contributed by atoms with E-state index in [1.54, 1.807) is 19.1 Å². The molecular formula is C18H19FN2O. The summed E-state index contributed by atoms with van der Waals surface area (Å²) in [6.45, 7) is 1.72. The van der Waals surface area contributed by atoms with Crippen molar-refractivity contribution < 1.29 is 9.18 Å². The van der Waals surface area contributed by atoms with Crippen molar-refractivity contribution in [2.24, 2.45) is 0 Å². The van der Waals surface area contributed by atoms with Gasteiger partial charge in [-0.2, -0.15) is 0 Å². The van der Waals surface area contributed by atoms with Crippen LogP contribution in [0.25, 0.3) is 0 Å². The second-order valence-electron chi connectivity index (χ2n) is 5.73. The van der Waals surface area contributed by atoms with Crippen molar-refractivity contribution in [3.05, 3.63) is 65.5 Å². The van der Waals surface area contributed by atoms with E-state index in [0.717, 1.165) is 18.4 Å². The first-order valence-electron chi connectivity index (χ1n) is 7.51. The van der Waals surface area contributed by atoms with Gasteiger partial charge >= 0.3 is 0 Å². The summed E-state index contributed by atoms with van der Waals surface area (Å²) in [5, 5.41) is 6.15. The number of anilines is 1. The molecule has 114 valence electrons. The highest BCUT2D eigenvalue weighted by molar-refractivity contribution is 5.86. The standard InChI is InChI=1S/C18H19FN2O/c1-12-7-8-15(11-16(12)19)20-17(13-5-3-2-4-6-13)18(22)21-14-9-10-14/h2-8,11,14,17,20H,9-10H2,1H3,(H,21,22). The molecule has 0 aromatic heterocycles. The second kappa shape index (κ2) is 6.18. The zero-order valence-electron chi connectivity index (χ0n) is 12.5. The molecule has 0 heterocycles. The molecule has 22 heavy (non-hydrogen) atoms. The van der Waals surface area contributed by atoms with Crippen LogP contribution in [0.1, 0.15) is 30.0 Å². The zero-order chi connectivity index (χ0) is 15.5. The Morgan fingerprint density at radius 2 is 1.91 bits per heavy atom. The summed E-state index contributed by atoms with van der Waals surface area (Å²) >= 11 is 0. The number of hydrogen-bond donors (Lipinski definition) is 2. The Morgan fingerprint density at radius 1 is 1.18 bits per heavy atom. The van der Waals surface area contributed by atoms with Gasteiger partial charge in [-0.25, -0.2) is 4.39 Å². The van der Waals surface area contributed by atoms with Crippen molar-refractivity contribution in [3.8, 4) is 0 Å². The second-order valence-corrected chi connectivity index (χ2v) is 5.73. The van der Waals surface area contributed by atoms with E-state index in [0.29, 0.717) is 11.3 Å². The molecular weight excluding hydrogens is 279 g/mol. The van der Waals surface area contributed by atoms with Gasteiger partial charge in [0.15, 0.2) is 0 Å². The SMILES string of the molecule is Cc1ccc(NC(C(=O)NC2CC2)c2ccccc2)cc1F. The molecule has 4 heteroatoms. The van der Waals surface area contributed by atoms with Crippen molar-refractivity contribution in [2.75, 3.05) is 5.32 Å². The summed E-state index contributed by atoms with van der Waals surface area (Å²) < 4.78 is 13.7. The Balaban J connectivity index is 1.83. The molecule has 1 aliphatic carbocycles. The Bertz CT molecular complexity index is 668. The number of rotatable bonds is 5. The lowest BCUT2D eigenvalue weighted by Crippen LogP contribution is -2.34. The Labute approximate surface area is 129 Å². The van der Waals surface area contributed by atoms with Crippen molar-refractivity contribution in [2.45, 2.75) is 31.8 Å². The summed E-state index contributed by atoms with van der Waals surface area (Å²) in [6.07, 6.45) is 2.07. The number of amides is 1. The van der Waals surface area contributed by atoms with E-state index >= 15 is 0 Å². The molecule has 0 radical (unpaired) electrons. The molecule has 1 amide bonds. The van der Waals surface area contributed by atoms with Gasteiger partial charge in [0.05, 0.1) is 0 Å². The molecule has 3 nitrogen and oxygen atoms in total. The molecule has 2 N–H and O–H groups in total. The maximum absolute atomic E-state index is 13.7. The summed E-state index contributed by atoms with van der Waals surface area (Å²) in [6, 6.07) is 14.2. The number of hydrogen-bond acceptors (Lipinski definition) is 2. The van der Waals surface area contributed by atoms with Crippen LogP contribution in [-0.4, -0.2) is 11.9 Å². The fraction of sp³-hybridized carbons (Fsp3) is 0.278. The predicted molar refractivity (Wildman–Crippen MR) is 85.1 cm³/mol. The highest BCUT2D eigenvalue weighted by Crippen LogP contribution is 2.24. The molecule has 2 aromatic carbocycles. The lowest BCUT2D eigenvalue weighted by molar-refractivity contribution is -0.122. The monoisotopic (exact) mass is 298 g/mol. The first-order valence-corrected chi connectivity index (χ1v) is 7.51. The highest BCUT2D eigenvalue weighted by Gasteiger charge is 2.28. The molecule has 0 spiro atoms. The van der Waals surface area contributed by atoms with Crippen molar-refractivity contribution in [3.63, 3.8) is 0 Å². The molecule has 0 aliphatic heterocycles. The molecule has 0 bridgehead atoms. The fourth-order valence-corrected chi connectivity index (χ4v) is 2.31. The van der Waals surface area contributed by atoms with Crippen LogP contribution in [0.2, 0.25) is 0 Å². The van der Waals surface area contributed by atoms with Crippen LogP contribution in [-0.2, 0) is 4.79 Å². The smallest absolute Gasteiger partial charge is 0.247 e. The Kier molecular flexibility index (Phi) is 4.09. The van der Waals surface area contributed by atoms with Crippen LogP contribution in [0.4, 0.5) is 10.1 Å². The summed E-state index contributed by atoms with van der Waals surface area (Å²) in [5.74, 6) is -0.353. The number of carbonyl (C=O) groups excluding carboxylic acids is 1. The summed E-state index contributed by atoms with van der Waals surface area (Å²) in [5.41, 5.74) is 2.05. The maximum atomic E-state index is 13.7. The van der Waals surface area contributed by atoms with Crippen molar-refractivity contribution >= 4 is 11.6 Å². The van der Waals surface area contributed by atoms with Crippen LogP contribution >= 0.6 is 0 Å². The van der Waals surface area contributed by atoms with Gasteiger partial charge in [0, 0.05) is 11.7 Å². The molecule has 2 aromatic rings. The molecule has 3 rings (SSSR count). The molecule has 1 saturated carbocycles. The van der Waals surface area contributed by atoms with Gasteiger partial charge < -0.3 is 10.6 Å². The predicted octanol–water partition coefficient (Wildman–Crippen LogP) is 3.57. The van der Waals surface area contributed by atoms with E-state index in [1.165, 1.54) is 6.07 Å². The topological polar surface area (TPSA) is 41.1 Å². The zero-order valence-corrected chi connectivity index (χ0v) is 12.5. The third-order valence-electron chi connectivity index (χ3n) is 3.80. The van der Waals surface area contributed by atoms with Gasteiger partial charge in [-0.05, 0) is 43.0 Å². The average Bonchev–Trinajstić information content (AvgIpc) is 3.33. The minimum Gasteiger partial charge on any atom is -0.370 e. The van der Waals surface area contributed by atoms with Gasteiger partial charge in [0.2, 0.25) is 5.91 Å². The fourth-order valence-electron chi connectivity index (χ4n) is 2.31. The van der Waals surface area contributed by atoms with Gasteiger partial charge in [0.25, 0.3) is 0 Å². The van der Waals surface area contributed by atoms with Crippen LogP contribution in [0, 0.1) is 12.7 Å². The first kappa shape index (κ1) is 14.6. The lowest BCUT2D eigenvalue weighted by atomic mass is 10.1. The van der Waals surface area contributed by atoms with E-state index in [9.17, 15) is 9.18 Å². The number of nitrogens with one attached hydrogen (secondary N) is 2. The minimum atomic E-state index is -0.524. The third kappa shape index (κ3) is 3.45. The van der Waals surface area contributed by atoms with Crippen molar-refractivity contribution in [1.29, 1.82) is 0 Å². The Hall–Kier alpha value is -2.36. The largest absolute Gasteiger partial charge is 0.370 e. The summed E-state index contributed by atoms with van der Waals surface area (Å²) in [4.78, 5) is 12.5. The first-order chi connectivity index (χ1) is 10.6. The van der Waals surface area contributed by atoms with E-state index in [-0.39, 0.29) is 17.8 Å². The third-order valence-corrected chi connectivity index (χ3v) is 3.80. The molecule has 1 atom stereocenters. The average molecular weight is 298 g/mol. The van der Waals surface area contributed by atoms with Gasteiger partial charge in [-0.15, -0.1) is 0 Å². The van der Waals surface area contributed by atoms with Crippen LogP contribution in [0.5, 0.6) is 0 Å². The van der Waals surface area contributed by atoms with E-state index in [4.69, 9.17) is 0 Å². The van der Waals surface area contributed by atoms with Gasteiger partial charge in [-0.3, -0.25) is 4.79 Å². The normalized spacial score (nSPS) is 15.2. The van der Waals surface area contributed by atoms with E-state index in [1.807, 2.05) is 30.3 Å². The Morgan fingerprint density at radius 3 is 2.55 bits per heavy atom. The molecule has 1 fully saturated rings. The van der Waals surface area contributed by atoms with Crippen LogP contribution in [0.15, 0.2) is 48.5 Å². The van der Waals surface area contributed by atoms with Crippen LogP contribution in [0.3, 0.4) is 0 Å². The maximum Gasteiger partial charge on any atom is 0.247 e. The number of benzene rings is 2. The van der Waals surface area contributed by atoms with Gasteiger partial charge in [0.1, 0.15) is 11.9 Å². The molecule has 1 unspecified atom stereocenters. The van der Waals surface area contributed by atoms with Crippen molar-refractivity contribution in [1.82, 2.24) is 5.32 Å². The van der Waals surface area contributed by atoms with Gasteiger partial charge in [-0.1, -0.05) is 36.4 Å². The quantitative estimate of drug-likeness (QED) is 0.886.